The predicted octanol–water partition coefficient (Wildman–Crippen LogP) is 4.08. The van der Waals surface area contributed by atoms with Crippen LogP contribution < -0.4 is 0 Å². The summed E-state index contributed by atoms with van der Waals surface area (Å²) in [5.41, 5.74) is 3.29. The van der Waals surface area contributed by atoms with Crippen LogP contribution >= 0.6 is 11.6 Å². The number of rotatable bonds is 3. The number of hydrogen-bond donors (Lipinski definition) is 0. The molecule has 0 fully saturated rings. The van der Waals surface area contributed by atoms with Crippen LogP contribution in [0.25, 0.3) is 23.4 Å². The minimum atomic E-state index is 0.212. The second-order valence-electron chi connectivity index (χ2n) is 3.41. The van der Waals surface area contributed by atoms with Crippen LogP contribution in [0.2, 0.25) is 5.28 Å². The first-order chi connectivity index (χ1) is 8.26. The van der Waals surface area contributed by atoms with Gasteiger partial charge in [-0.05, 0) is 17.7 Å². The first-order valence-corrected chi connectivity index (χ1v) is 5.52. The van der Waals surface area contributed by atoms with Crippen molar-refractivity contribution in [2.45, 2.75) is 0 Å². The van der Waals surface area contributed by atoms with Gasteiger partial charge in [0.2, 0.25) is 5.28 Å². The van der Waals surface area contributed by atoms with Crippen molar-refractivity contribution < 1.29 is 0 Å². The summed E-state index contributed by atoms with van der Waals surface area (Å²) in [5, 5.41) is 0.212. The van der Waals surface area contributed by atoms with Crippen LogP contribution in [0.1, 0.15) is 11.3 Å². The van der Waals surface area contributed by atoms with E-state index in [4.69, 9.17) is 11.6 Å². The second kappa shape index (κ2) is 4.93. The molecule has 0 unspecified atom stereocenters. The van der Waals surface area contributed by atoms with Gasteiger partial charge in [0, 0.05) is 11.1 Å². The van der Waals surface area contributed by atoms with Crippen LogP contribution in [0.3, 0.4) is 0 Å². The third kappa shape index (κ3) is 2.27. The van der Waals surface area contributed by atoms with E-state index in [1.54, 1.807) is 12.2 Å². The molecule has 17 heavy (non-hydrogen) atoms. The molecule has 84 valence electrons. The molecule has 0 N–H and O–H groups in total. The SMILES string of the molecule is C=Cc1nc(Cl)nc(-c2ccccc2)c1C=C. The summed E-state index contributed by atoms with van der Waals surface area (Å²) in [6.45, 7) is 7.50. The lowest BCUT2D eigenvalue weighted by molar-refractivity contribution is 1.15. The minimum Gasteiger partial charge on any atom is -0.218 e. The minimum absolute atomic E-state index is 0.212. The molecule has 3 heteroatoms. The highest BCUT2D eigenvalue weighted by atomic mass is 35.5. The Morgan fingerprint density at radius 2 is 1.71 bits per heavy atom. The molecule has 2 aromatic rings. The van der Waals surface area contributed by atoms with Gasteiger partial charge >= 0.3 is 0 Å². The molecular weight excluding hydrogens is 232 g/mol. The van der Waals surface area contributed by atoms with Crippen molar-refractivity contribution in [1.82, 2.24) is 9.97 Å². The van der Waals surface area contributed by atoms with E-state index >= 15 is 0 Å². The molecule has 0 amide bonds. The molecule has 0 aliphatic carbocycles. The smallest absolute Gasteiger partial charge is 0.218 e. The Morgan fingerprint density at radius 3 is 2.29 bits per heavy atom. The van der Waals surface area contributed by atoms with E-state index in [1.165, 1.54) is 0 Å². The molecule has 0 bridgehead atoms. The normalized spacial score (nSPS) is 9.94. The van der Waals surface area contributed by atoms with E-state index in [0.29, 0.717) is 5.69 Å². The van der Waals surface area contributed by atoms with Gasteiger partial charge in [0.25, 0.3) is 0 Å². The molecule has 0 saturated heterocycles. The average Bonchev–Trinajstić information content (AvgIpc) is 2.38. The fraction of sp³-hybridized carbons (Fsp3) is 0. The molecule has 0 atom stereocenters. The van der Waals surface area contributed by atoms with Crippen molar-refractivity contribution in [2.24, 2.45) is 0 Å². The zero-order chi connectivity index (χ0) is 12.3. The topological polar surface area (TPSA) is 25.8 Å². The number of nitrogens with zero attached hydrogens (tertiary/aromatic N) is 2. The quantitative estimate of drug-likeness (QED) is 0.758. The van der Waals surface area contributed by atoms with Gasteiger partial charge in [0.05, 0.1) is 11.4 Å². The lowest BCUT2D eigenvalue weighted by Gasteiger charge is -2.08. The molecule has 1 aromatic carbocycles. The van der Waals surface area contributed by atoms with E-state index in [0.717, 1.165) is 16.8 Å². The lowest BCUT2D eigenvalue weighted by Crippen LogP contribution is -1.96. The summed E-state index contributed by atoms with van der Waals surface area (Å²) in [6, 6.07) is 9.79. The summed E-state index contributed by atoms with van der Waals surface area (Å²) < 4.78 is 0. The van der Waals surface area contributed by atoms with E-state index in [-0.39, 0.29) is 5.28 Å². The van der Waals surface area contributed by atoms with Crippen molar-refractivity contribution in [3.8, 4) is 11.3 Å². The molecule has 1 heterocycles. The molecule has 2 nitrogen and oxygen atoms in total. The summed E-state index contributed by atoms with van der Waals surface area (Å²) >= 11 is 5.90. The zero-order valence-electron chi connectivity index (χ0n) is 9.23. The van der Waals surface area contributed by atoms with Crippen LogP contribution in [0.15, 0.2) is 43.5 Å². The molecule has 1 aromatic heterocycles. The largest absolute Gasteiger partial charge is 0.223 e. The Labute approximate surface area is 105 Å². The number of hydrogen-bond acceptors (Lipinski definition) is 2. The maximum Gasteiger partial charge on any atom is 0.223 e. The van der Waals surface area contributed by atoms with Crippen LogP contribution in [-0.2, 0) is 0 Å². The Balaban J connectivity index is 2.72. The van der Waals surface area contributed by atoms with E-state index in [2.05, 4.69) is 23.1 Å². The van der Waals surface area contributed by atoms with E-state index in [9.17, 15) is 0 Å². The van der Waals surface area contributed by atoms with Gasteiger partial charge in [0.15, 0.2) is 0 Å². The predicted molar refractivity (Wildman–Crippen MR) is 72.7 cm³/mol. The summed E-state index contributed by atoms with van der Waals surface area (Å²) in [6.07, 6.45) is 3.37. The highest BCUT2D eigenvalue weighted by Crippen LogP contribution is 2.26. The highest BCUT2D eigenvalue weighted by Gasteiger charge is 2.10. The molecular formula is C14H11ClN2. The van der Waals surface area contributed by atoms with Crippen molar-refractivity contribution in [3.63, 3.8) is 0 Å². The van der Waals surface area contributed by atoms with Crippen LogP contribution in [0.5, 0.6) is 0 Å². The van der Waals surface area contributed by atoms with Gasteiger partial charge in [-0.2, -0.15) is 0 Å². The lowest BCUT2D eigenvalue weighted by atomic mass is 10.0. The fourth-order valence-corrected chi connectivity index (χ4v) is 1.81. The maximum absolute atomic E-state index is 5.90. The van der Waals surface area contributed by atoms with E-state index < -0.39 is 0 Å². The third-order valence-corrected chi connectivity index (χ3v) is 2.56. The van der Waals surface area contributed by atoms with Crippen molar-refractivity contribution >= 4 is 23.8 Å². The summed E-state index contributed by atoms with van der Waals surface area (Å²) in [5.74, 6) is 0. The highest BCUT2D eigenvalue weighted by molar-refractivity contribution is 6.28. The van der Waals surface area contributed by atoms with Crippen LogP contribution in [0.4, 0.5) is 0 Å². The zero-order valence-corrected chi connectivity index (χ0v) is 9.98. The molecule has 0 aliphatic rings. The third-order valence-electron chi connectivity index (χ3n) is 2.39. The van der Waals surface area contributed by atoms with Crippen LogP contribution in [0, 0.1) is 0 Å². The fourth-order valence-electron chi connectivity index (χ4n) is 1.63. The van der Waals surface area contributed by atoms with E-state index in [1.807, 2.05) is 30.3 Å². The van der Waals surface area contributed by atoms with Gasteiger partial charge in [-0.15, -0.1) is 0 Å². The summed E-state index contributed by atoms with van der Waals surface area (Å²) in [7, 11) is 0. The number of halogens is 1. The van der Waals surface area contributed by atoms with Gasteiger partial charge in [0.1, 0.15) is 0 Å². The maximum atomic E-state index is 5.90. The average molecular weight is 243 g/mol. The standard InChI is InChI=1S/C14H11ClN2/c1-3-11-12(4-2)16-14(15)17-13(11)10-8-6-5-7-9-10/h3-9H,1-2H2. The van der Waals surface area contributed by atoms with Crippen molar-refractivity contribution in [2.75, 3.05) is 0 Å². The van der Waals surface area contributed by atoms with Gasteiger partial charge in [-0.25, -0.2) is 9.97 Å². The molecule has 0 radical (unpaired) electrons. The number of benzene rings is 1. The first kappa shape index (κ1) is 11.6. The Morgan fingerprint density at radius 1 is 1.00 bits per heavy atom. The monoisotopic (exact) mass is 242 g/mol. The molecule has 0 saturated carbocycles. The van der Waals surface area contributed by atoms with Crippen LogP contribution in [-0.4, -0.2) is 9.97 Å². The van der Waals surface area contributed by atoms with Gasteiger partial charge in [-0.3, -0.25) is 0 Å². The Hall–Kier alpha value is -1.93. The molecule has 0 aliphatic heterocycles. The van der Waals surface area contributed by atoms with Crippen molar-refractivity contribution in [1.29, 1.82) is 0 Å². The van der Waals surface area contributed by atoms with Gasteiger partial charge in [-0.1, -0.05) is 49.6 Å². The Kier molecular flexibility index (Phi) is 3.35. The van der Waals surface area contributed by atoms with Crippen molar-refractivity contribution in [3.05, 3.63) is 60.0 Å². The Bertz CT molecular complexity index is 562. The first-order valence-electron chi connectivity index (χ1n) is 5.14. The van der Waals surface area contributed by atoms with Gasteiger partial charge < -0.3 is 0 Å². The molecule has 2 rings (SSSR count). The summed E-state index contributed by atoms with van der Waals surface area (Å²) in [4.78, 5) is 8.37. The number of aromatic nitrogens is 2. The second-order valence-corrected chi connectivity index (χ2v) is 3.75. The molecule has 0 spiro atoms.